The lowest BCUT2D eigenvalue weighted by Gasteiger charge is -2.16. The van der Waals surface area contributed by atoms with E-state index in [1.165, 1.54) is 11.8 Å². The zero-order valence-electron chi connectivity index (χ0n) is 13.8. The van der Waals surface area contributed by atoms with Gasteiger partial charge in [0.1, 0.15) is 11.0 Å². The van der Waals surface area contributed by atoms with Gasteiger partial charge in [-0.2, -0.15) is 0 Å². The summed E-state index contributed by atoms with van der Waals surface area (Å²) in [4.78, 5) is 13.9. The van der Waals surface area contributed by atoms with Crippen molar-refractivity contribution in [2.75, 3.05) is 6.79 Å². The molecule has 130 valence electrons. The minimum Gasteiger partial charge on any atom is -0.454 e. The predicted molar refractivity (Wildman–Crippen MR) is 99.7 cm³/mol. The molecule has 0 aromatic heterocycles. The second-order valence-corrected chi connectivity index (χ2v) is 6.84. The topological polar surface area (TPSA) is 44.8 Å². The molecule has 5 heteroatoms. The van der Waals surface area contributed by atoms with Crippen molar-refractivity contribution in [3.05, 3.63) is 84.4 Å². The maximum Gasteiger partial charge on any atom is 0.329 e. The van der Waals surface area contributed by atoms with Crippen LogP contribution >= 0.6 is 11.8 Å². The van der Waals surface area contributed by atoms with E-state index in [0.29, 0.717) is 17.2 Å². The maximum atomic E-state index is 12.9. The Balaban J connectivity index is 1.57. The van der Waals surface area contributed by atoms with Crippen LogP contribution in [0.2, 0.25) is 0 Å². The molecule has 4 rings (SSSR count). The molecule has 0 aliphatic carbocycles. The molecular formula is C21H16O4S. The van der Waals surface area contributed by atoms with Gasteiger partial charge in [-0.15, -0.1) is 11.8 Å². The lowest BCUT2D eigenvalue weighted by molar-refractivity contribution is -0.133. The summed E-state index contributed by atoms with van der Waals surface area (Å²) in [5.41, 5.74) is 0.895. The number of thioether (sulfide) groups is 1. The number of benzene rings is 3. The summed E-state index contributed by atoms with van der Waals surface area (Å²) in [7, 11) is 0. The number of hydrogen-bond acceptors (Lipinski definition) is 5. The third-order valence-electron chi connectivity index (χ3n) is 3.88. The molecule has 26 heavy (non-hydrogen) atoms. The summed E-state index contributed by atoms with van der Waals surface area (Å²) in [6, 6.07) is 24.6. The number of ether oxygens (including phenoxy) is 3. The van der Waals surface area contributed by atoms with Crippen LogP contribution < -0.4 is 14.2 Å². The Morgan fingerprint density at radius 2 is 1.58 bits per heavy atom. The highest BCUT2D eigenvalue weighted by atomic mass is 32.2. The number of esters is 1. The second kappa shape index (κ2) is 7.54. The van der Waals surface area contributed by atoms with Crippen molar-refractivity contribution in [2.24, 2.45) is 0 Å². The highest BCUT2D eigenvalue weighted by Crippen LogP contribution is 2.38. The summed E-state index contributed by atoms with van der Waals surface area (Å²) in [6.07, 6.45) is 0. The average molecular weight is 364 g/mol. The van der Waals surface area contributed by atoms with Gasteiger partial charge >= 0.3 is 5.97 Å². The SMILES string of the molecule is O=C(Oc1ccc2c(c1)OCO2)C(Sc1ccccc1)c1ccccc1. The van der Waals surface area contributed by atoms with E-state index in [0.717, 1.165) is 10.5 Å². The van der Waals surface area contributed by atoms with Crippen molar-refractivity contribution in [1.29, 1.82) is 0 Å². The Morgan fingerprint density at radius 1 is 0.885 bits per heavy atom. The molecule has 1 atom stereocenters. The fourth-order valence-corrected chi connectivity index (χ4v) is 3.65. The van der Waals surface area contributed by atoms with Crippen molar-refractivity contribution in [3.63, 3.8) is 0 Å². The van der Waals surface area contributed by atoms with E-state index in [-0.39, 0.29) is 12.8 Å². The van der Waals surface area contributed by atoms with Gasteiger partial charge in [0.25, 0.3) is 0 Å². The van der Waals surface area contributed by atoms with E-state index in [1.807, 2.05) is 60.7 Å². The molecule has 0 spiro atoms. The molecule has 1 aliphatic heterocycles. The molecule has 0 radical (unpaired) electrons. The van der Waals surface area contributed by atoms with Crippen molar-refractivity contribution in [1.82, 2.24) is 0 Å². The van der Waals surface area contributed by atoms with Crippen LogP contribution in [-0.4, -0.2) is 12.8 Å². The molecule has 0 saturated carbocycles. The molecule has 1 heterocycles. The summed E-state index contributed by atoms with van der Waals surface area (Å²) in [6.45, 7) is 0.184. The second-order valence-electron chi connectivity index (χ2n) is 5.66. The number of carbonyl (C=O) groups excluding carboxylic acids is 1. The van der Waals surface area contributed by atoms with E-state index in [2.05, 4.69) is 0 Å². The average Bonchev–Trinajstić information content (AvgIpc) is 3.15. The first-order chi connectivity index (χ1) is 12.8. The van der Waals surface area contributed by atoms with Crippen LogP contribution in [0, 0.1) is 0 Å². The molecule has 0 N–H and O–H groups in total. The van der Waals surface area contributed by atoms with E-state index in [1.54, 1.807) is 18.2 Å². The molecule has 3 aromatic carbocycles. The third kappa shape index (κ3) is 3.68. The molecular weight excluding hydrogens is 348 g/mol. The van der Waals surface area contributed by atoms with Gasteiger partial charge in [0.2, 0.25) is 6.79 Å². The van der Waals surface area contributed by atoms with Gasteiger partial charge in [0.15, 0.2) is 11.5 Å². The standard InChI is InChI=1S/C21H16O4S/c22-21(25-16-11-12-18-19(13-16)24-14-23-18)20(15-7-3-1-4-8-15)26-17-9-5-2-6-10-17/h1-13,20H,14H2. The summed E-state index contributed by atoms with van der Waals surface area (Å²) in [5, 5.41) is -0.468. The minimum atomic E-state index is -0.468. The van der Waals surface area contributed by atoms with Gasteiger partial charge in [-0.05, 0) is 29.8 Å². The first-order valence-corrected chi connectivity index (χ1v) is 9.05. The minimum absolute atomic E-state index is 0.184. The number of fused-ring (bicyclic) bond motifs is 1. The Bertz CT molecular complexity index is 896. The zero-order chi connectivity index (χ0) is 17.8. The Kier molecular flexibility index (Phi) is 4.80. The van der Waals surface area contributed by atoms with Crippen LogP contribution in [0.1, 0.15) is 10.8 Å². The lowest BCUT2D eigenvalue weighted by atomic mass is 10.1. The van der Waals surface area contributed by atoms with Crippen molar-refractivity contribution in [3.8, 4) is 17.2 Å². The van der Waals surface area contributed by atoms with E-state index < -0.39 is 5.25 Å². The normalized spacial score (nSPS) is 13.2. The van der Waals surface area contributed by atoms with Crippen LogP contribution in [0.3, 0.4) is 0 Å². The van der Waals surface area contributed by atoms with Crippen LogP contribution in [-0.2, 0) is 4.79 Å². The number of rotatable bonds is 5. The van der Waals surface area contributed by atoms with Gasteiger partial charge < -0.3 is 14.2 Å². The van der Waals surface area contributed by atoms with E-state index in [9.17, 15) is 4.79 Å². The lowest BCUT2D eigenvalue weighted by Crippen LogP contribution is -2.16. The molecule has 0 amide bonds. The highest BCUT2D eigenvalue weighted by Gasteiger charge is 2.25. The van der Waals surface area contributed by atoms with Crippen LogP contribution in [0.4, 0.5) is 0 Å². The third-order valence-corrected chi connectivity index (χ3v) is 5.12. The van der Waals surface area contributed by atoms with Gasteiger partial charge in [-0.3, -0.25) is 4.79 Å². The fraction of sp³-hybridized carbons (Fsp3) is 0.0952. The summed E-state index contributed by atoms with van der Waals surface area (Å²) in [5.74, 6) is 1.35. The molecule has 4 nitrogen and oxygen atoms in total. The van der Waals surface area contributed by atoms with E-state index in [4.69, 9.17) is 14.2 Å². The van der Waals surface area contributed by atoms with Crippen LogP contribution in [0.25, 0.3) is 0 Å². The highest BCUT2D eigenvalue weighted by molar-refractivity contribution is 8.00. The largest absolute Gasteiger partial charge is 0.454 e. The van der Waals surface area contributed by atoms with E-state index >= 15 is 0 Å². The molecule has 3 aromatic rings. The summed E-state index contributed by atoms with van der Waals surface area (Å²) >= 11 is 1.46. The molecule has 0 fully saturated rings. The number of carbonyl (C=O) groups is 1. The number of hydrogen-bond donors (Lipinski definition) is 0. The van der Waals surface area contributed by atoms with Crippen LogP contribution in [0.5, 0.6) is 17.2 Å². The van der Waals surface area contributed by atoms with Crippen molar-refractivity contribution < 1.29 is 19.0 Å². The first-order valence-electron chi connectivity index (χ1n) is 8.17. The van der Waals surface area contributed by atoms with Gasteiger partial charge in [0, 0.05) is 11.0 Å². The quantitative estimate of drug-likeness (QED) is 0.368. The Hall–Kier alpha value is -2.92. The summed E-state index contributed by atoms with van der Waals surface area (Å²) < 4.78 is 16.3. The van der Waals surface area contributed by atoms with Crippen molar-refractivity contribution in [2.45, 2.75) is 10.1 Å². The molecule has 0 bridgehead atoms. The monoisotopic (exact) mass is 364 g/mol. The van der Waals surface area contributed by atoms with Gasteiger partial charge in [-0.25, -0.2) is 0 Å². The predicted octanol–water partition coefficient (Wildman–Crippen LogP) is 4.85. The Labute approximate surface area is 155 Å². The van der Waals surface area contributed by atoms with Crippen molar-refractivity contribution >= 4 is 17.7 Å². The molecule has 1 aliphatic rings. The smallest absolute Gasteiger partial charge is 0.329 e. The van der Waals surface area contributed by atoms with Crippen LogP contribution in [0.15, 0.2) is 83.8 Å². The zero-order valence-corrected chi connectivity index (χ0v) is 14.6. The first kappa shape index (κ1) is 16.5. The molecule has 1 unspecified atom stereocenters. The maximum absolute atomic E-state index is 12.9. The Morgan fingerprint density at radius 3 is 2.35 bits per heavy atom. The molecule has 0 saturated heterocycles. The van der Waals surface area contributed by atoms with Gasteiger partial charge in [0.05, 0.1) is 0 Å². The fourth-order valence-electron chi connectivity index (χ4n) is 2.63. The van der Waals surface area contributed by atoms with Gasteiger partial charge in [-0.1, -0.05) is 48.5 Å².